The third kappa shape index (κ3) is 5.18. The highest BCUT2D eigenvalue weighted by Gasteiger charge is 2.11. The Morgan fingerprint density at radius 3 is 2.60 bits per heavy atom. The van der Waals surface area contributed by atoms with Gasteiger partial charge in [0.2, 0.25) is 0 Å². The molecule has 0 saturated carbocycles. The molecule has 0 aliphatic heterocycles. The predicted molar refractivity (Wildman–Crippen MR) is 96.3 cm³/mol. The van der Waals surface area contributed by atoms with Crippen molar-refractivity contribution in [2.45, 2.75) is 20.3 Å². The molecule has 0 spiro atoms. The van der Waals surface area contributed by atoms with Crippen molar-refractivity contribution in [3.8, 4) is 6.07 Å². The Balaban J connectivity index is 1.92. The van der Waals surface area contributed by atoms with E-state index in [1.807, 2.05) is 32.0 Å². The number of amides is 1. The summed E-state index contributed by atoms with van der Waals surface area (Å²) in [6.45, 7) is 4.41. The Kier molecular flexibility index (Phi) is 6.30. The van der Waals surface area contributed by atoms with E-state index in [0.717, 1.165) is 16.7 Å². The van der Waals surface area contributed by atoms with Gasteiger partial charge in [0.1, 0.15) is 17.5 Å². The van der Waals surface area contributed by atoms with E-state index in [1.165, 1.54) is 18.3 Å². The van der Waals surface area contributed by atoms with Gasteiger partial charge in [0, 0.05) is 18.4 Å². The second kappa shape index (κ2) is 8.65. The minimum Gasteiger partial charge on any atom is -0.389 e. The van der Waals surface area contributed by atoms with Crippen molar-refractivity contribution < 1.29 is 9.18 Å². The molecule has 2 N–H and O–H groups in total. The molecule has 0 atom stereocenters. The van der Waals surface area contributed by atoms with E-state index >= 15 is 0 Å². The summed E-state index contributed by atoms with van der Waals surface area (Å²) in [6.07, 6.45) is 2.07. The summed E-state index contributed by atoms with van der Waals surface area (Å²) in [5.41, 5.74) is 3.70. The first kappa shape index (κ1) is 18.2. The molecule has 25 heavy (non-hydrogen) atoms. The van der Waals surface area contributed by atoms with Gasteiger partial charge in [-0.2, -0.15) is 5.26 Å². The molecule has 0 fully saturated rings. The van der Waals surface area contributed by atoms with Crippen molar-refractivity contribution in [2.75, 3.05) is 11.9 Å². The zero-order chi connectivity index (χ0) is 18.2. The fraction of sp³-hybridized carbons (Fsp3) is 0.200. The largest absolute Gasteiger partial charge is 0.389 e. The van der Waals surface area contributed by atoms with Crippen LogP contribution in [0.1, 0.15) is 16.7 Å². The number of anilines is 1. The van der Waals surface area contributed by atoms with Crippen molar-refractivity contribution >= 4 is 11.6 Å². The van der Waals surface area contributed by atoms with E-state index in [4.69, 9.17) is 0 Å². The van der Waals surface area contributed by atoms with E-state index < -0.39 is 5.91 Å². The first-order valence-electron chi connectivity index (χ1n) is 7.97. The predicted octanol–water partition coefficient (Wildman–Crippen LogP) is 3.62. The van der Waals surface area contributed by atoms with Gasteiger partial charge in [0.05, 0.1) is 0 Å². The van der Waals surface area contributed by atoms with E-state index in [0.29, 0.717) is 18.7 Å². The van der Waals surface area contributed by atoms with Gasteiger partial charge >= 0.3 is 0 Å². The van der Waals surface area contributed by atoms with Crippen LogP contribution in [-0.2, 0) is 11.2 Å². The van der Waals surface area contributed by atoms with Gasteiger partial charge in [-0.05, 0) is 55.2 Å². The van der Waals surface area contributed by atoms with Crippen LogP contribution in [0.3, 0.4) is 0 Å². The molecular formula is C20H20FN3O. The summed E-state index contributed by atoms with van der Waals surface area (Å²) >= 11 is 0. The molecular weight excluding hydrogens is 317 g/mol. The summed E-state index contributed by atoms with van der Waals surface area (Å²) < 4.78 is 12.8. The fourth-order valence-corrected chi connectivity index (χ4v) is 2.27. The standard InChI is InChI=1S/C20H20FN3O/c1-14-4-3-5-19(15(14)2)24-20(25)17(12-22)13-23-11-10-16-6-8-18(21)9-7-16/h3-9,13,23H,10-11H2,1-2H3,(H,24,25)/b17-13-. The van der Waals surface area contributed by atoms with Gasteiger partial charge in [-0.1, -0.05) is 24.3 Å². The van der Waals surface area contributed by atoms with E-state index in [2.05, 4.69) is 10.6 Å². The summed E-state index contributed by atoms with van der Waals surface area (Å²) in [4.78, 5) is 12.2. The summed E-state index contributed by atoms with van der Waals surface area (Å²) in [5, 5.41) is 14.9. The van der Waals surface area contributed by atoms with Crippen LogP contribution in [0.25, 0.3) is 0 Å². The summed E-state index contributed by atoms with van der Waals surface area (Å²) in [6, 6.07) is 13.7. The zero-order valence-electron chi connectivity index (χ0n) is 14.3. The molecule has 0 bridgehead atoms. The maximum Gasteiger partial charge on any atom is 0.267 e. The Bertz CT molecular complexity index is 820. The van der Waals surface area contributed by atoms with Crippen molar-refractivity contribution in [1.29, 1.82) is 5.26 Å². The van der Waals surface area contributed by atoms with Gasteiger partial charge in [-0.25, -0.2) is 4.39 Å². The number of hydrogen-bond donors (Lipinski definition) is 2. The Morgan fingerprint density at radius 2 is 1.92 bits per heavy atom. The van der Waals surface area contributed by atoms with Crippen LogP contribution in [0, 0.1) is 31.0 Å². The third-order valence-electron chi connectivity index (χ3n) is 3.94. The number of carbonyl (C=O) groups is 1. The zero-order valence-corrected chi connectivity index (χ0v) is 14.3. The fourth-order valence-electron chi connectivity index (χ4n) is 2.27. The van der Waals surface area contributed by atoms with Crippen molar-refractivity contribution in [3.05, 3.63) is 76.7 Å². The van der Waals surface area contributed by atoms with E-state index in [-0.39, 0.29) is 11.4 Å². The van der Waals surface area contributed by atoms with Crippen LogP contribution in [0.15, 0.2) is 54.2 Å². The van der Waals surface area contributed by atoms with Crippen molar-refractivity contribution in [1.82, 2.24) is 5.32 Å². The molecule has 2 aromatic carbocycles. The molecule has 0 saturated heterocycles. The van der Waals surface area contributed by atoms with Crippen LogP contribution >= 0.6 is 0 Å². The molecule has 2 aromatic rings. The average Bonchev–Trinajstić information content (AvgIpc) is 2.60. The minimum absolute atomic E-state index is 0.0000113. The number of hydrogen-bond acceptors (Lipinski definition) is 3. The monoisotopic (exact) mass is 337 g/mol. The highest BCUT2D eigenvalue weighted by atomic mass is 19.1. The lowest BCUT2D eigenvalue weighted by Crippen LogP contribution is -2.18. The molecule has 0 radical (unpaired) electrons. The third-order valence-corrected chi connectivity index (χ3v) is 3.94. The maximum absolute atomic E-state index is 12.8. The van der Waals surface area contributed by atoms with E-state index in [9.17, 15) is 14.4 Å². The Morgan fingerprint density at radius 1 is 1.20 bits per heavy atom. The number of carbonyl (C=O) groups excluding carboxylic acids is 1. The topological polar surface area (TPSA) is 64.9 Å². The maximum atomic E-state index is 12.8. The quantitative estimate of drug-likeness (QED) is 0.481. The lowest BCUT2D eigenvalue weighted by molar-refractivity contribution is -0.112. The molecule has 0 aliphatic carbocycles. The van der Waals surface area contributed by atoms with Gasteiger partial charge in [-0.15, -0.1) is 0 Å². The van der Waals surface area contributed by atoms with Gasteiger partial charge in [0.15, 0.2) is 0 Å². The molecule has 128 valence electrons. The number of rotatable bonds is 6. The lowest BCUT2D eigenvalue weighted by atomic mass is 10.1. The molecule has 0 heterocycles. The summed E-state index contributed by atoms with van der Waals surface area (Å²) in [7, 11) is 0. The minimum atomic E-state index is -0.453. The smallest absolute Gasteiger partial charge is 0.267 e. The van der Waals surface area contributed by atoms with Crippen molar-refractivity contribution in [2.24, 2.45) is 0 Å². The lowest BCUT2D eigenvalue weighted by Gasteiger charge is -2.10. The van der Waals surface area contributed by atoms with Crippen LogP contribution < -0.4 is 10.6 Å². The molecule has 0 aliphatic rings. The highest BCUT2D eigenvalue weighted by Crippen LogP contribution is 2.18. The molecule has 1 amide bonds. The number of benzene rings is 2. The first-order chi connectivity index (χ1) is 12.0. The molecule has 0 aromatic heterocycles. The van der Waals surface area contributed by atoms with Crippen molar-refractivity contribution in [3.63, 3.8) is 0 Å². The number of aryl methyl sites for hydroxylation is 1. The molecule has 5 heteroatoms. The number of halogens is 1. The summed E-state index contributed by atoms with van der Waals surface area (Å²) in [5.74, 6) is -0.725. The Labute approximate surface area is 147 Å². The normalized spacial score (nSPS) is 10.9. The molecule has 2 rings (SSSR count). The second-order valence-corrected chi connectivity index (χ2v) is 5.70. The first-order valence-corrected chi connectivity index (χ1v) is 7.97. The van der Waals surface area contributed by atoms with Gasteiger partial charge in [-0.3, -0.25) is 4.79 Å². The van der Waals surface area contributed by atoms with E-state index in [1.54, 1.807) is 18.2 Å². The molecule has 4 nitrogen and oxygen atoms in total. The van der Waals surface area contributed by atoms with Crippen LogP contribution in [0.2, 0.25) is 0 Å². The van der Waals surface area contributed by atoms with Crippen LogP contribution in [-0.4, -0.2) is 12.5 Å². The average molecular weight is 337 g/mol. The van der Waals surface area contributed by atoms with Gasteiger partial charge in [0.25, 0.3) is 5.91 Å². The number of nitrogens with zero attached hydrogens (tertiary/aromatic N) is 1. The highest BCUT2D eigenvalue weighted by molar-refractivity contribution is 6.06. The SMILES string of the molecule is Cc1cccc(NC(=O)/C(C#N)=C\NCCc2ccc(F)cc2)c1C. The second-order valence-electron chi connectivity index (χ2n) is 5.70. The number of nitriles is 1. The van der Waals surface area contributed by atoms with Crippen LogP contribution in [0.5, 0.6) is 0 Å². The van der Waals surface area contributed by atoms with Crippen LogP contribution in [0.4, 0.5) is 10.1 Å². The molecule has 0 unspecified atom stereocenters. The Hall–Kier alpha value is -3.13. The number of nitrogens with one attached hydrogen (secondary N) is 2. The van der Waals surface area contributed by atoms with Gasteiger partial charge < -0.3 is 10.6 Å².